The molecule has 0 fully saturated rings. The quantitative estimate of drug-likeness (QED) is 0.163. The van der Waals surface area contributed by atoms with Gasteiger partial charge in [0, 0.05) is 22.1 Å². The molecule has 12 rings (SSSR count). The van der Waals surface area contributed by atoms with Gasteiger partial charge in [-0.1, -0.05) is 151 Å². The molecule has 0 amide bonds. The van der Waals surface area contributed by atoms with Crippen LogP contribution < -0.4 is 10.3 Å². The van der Waals surface area contributed by atoms with E-state index in [0.29, 0.717) is 21.9 Å². The Morgan fingerprint density at radius 3 is 1.82 bits per heavy atom. The van der Waals surface area contributed by atoms with Gasteiger partial charge in [0.2, 0.25) is 5.43 Å². The number of nitrogens with zero attached hydrogens (tertiary/aromatic N) is 2. The van der Waals surface area contributed by atoms with Gasteiger partial charge >= 0.3 is 0 Å². The van der Waals surface area contributed by atoms with E-state index < -0.39 is 5.41 Å². The maximum absolute atomic E-state index is 15.1. The van der Waals surface area contributed by atoms with Crippen LogP contribution in [0.25, 0.3) is 60.6 Å². The number of para-hydroxylation sites is 3. The van der Waals surface area contributed by atoms with Gasteiger partial charge < -0.3 is 13.9 Å². The topological polar surface area (TPSA) is 38.4 Å². The van der Waals surface area contributed by atoms with Gasteiger partial charge in [-0.15, -0.1) is 0 Å². The molecule has 4 nitrogen and oxygen atoms in total. The van der Waals surface area contributed by atoms with Crippen LogP contribution in [-0.2, 0) is 16.2 Å². The van der Waals surface area contributed by atoms with Crippen molar-refractivity contribution in [3.63, 3.8) is 0 Å². The van der Waals surface area contributed by atoms with Crippen LogP contribution in [0.2, 0.25) is 0 Å². The molecular weight excluding hydrogens is 757 g/mol. The number of hydrogen-bond donors (Lipinski definition) is 0. The second-order valence-corrected chi connectivity index (χ2v) is 19.3. The van der Waals surface area contributed by atoms with Crippen LogP contribution in [-0.4, -0.2) is 4.57 Å². The van der Waals surface area contributed by atoms with Crippen molar-refractivity contribution in [1.82, 2.24) is 4.57 Å². The predicted molar refractivity (Wildman–Crippen MR) is 257 cm³/mol. The Morgan fingerprint density at radius 2 is 1.11 bits per heavy atom. The Kier molecular flexibility index (Phi) is 7.50. The summed E-state index contributed by atoms with van der Waals surface area (Å²) in [5.74, 6) is 0. The average Bonchev–Trinajstić information content (AvgIpc) is 3.76. The SMILES string of the molecule is CC(C)(C)c1cc(C(C)(C)C)c2c(=O)c3cc(N4c5ccccc5C5(c6ccccc6-c6ccccc65)c5cc6c7ccccc7n(-c7ccccc7)c6cc54)ccc3oc2c1. The lowest BCUT2D eigenvalue weighted by molar-refractivity contribution is 0.567. The Hall–Kier alpha value is -7.17. The lowest BCUT2D eigenvalue weighted by Crippen LogP contribution is -2.36. The minimum atomic E-state index is -0.613. The van der Waals surface area contributed by atoms with Crippen LogP contribution in [0.1, 0.15) is 74.9 Å². The molecule has 300 valence electrons. The first-order chi connectivity index (χ1) is 29.9. The number of aromatic nitrogens is 1. The summed E-state index contributed by atoms with van der Waals surface area (Å²) in [6.07, 6.45) is 0. The first-order valence-electron chi connectivity index (χ1n) is 21.7. The molecule has 0 N–H and O–H groups in total. The fourth-order valence-corrected chi connectivity index (χ4v) is 10.8. The zero-order valence-corrected chi connectivity index (χ0v) is 35.9. The Labute approximate surface area is 361 Å². The fourth-order valence-electron chi connectivity index (χ4n) is 10.8. The maximum atomic E-state index is 15.1. The molecule has 1 aliphatic carbocycles. The summed E-state index contributed by atoms with van der Waals surface area (Å²) >= 11 is 0. The monoisotopic (exact) mass is 802 g/mol. The first-order valence-corrected chi connectivity index (χ1v) is 21.7. The molecule has 10 aromatic rings. The Balaban J connectivity index is 1.21. The highest BCUT2D eigenvalue weighted by Gasteiger charge is 2.52. The fraction of sp³-hybridized carbons (Fsp3) is 0.155. The molecule has 1 spiro atoms. The summed E-state index contributed by atoms with van der Waals surface area (Å²) in [5, 5.41) is 3.62. The van der Waals surface area contributed by atoms with E-state index in [2.05, 4.69) is 215 Å². The van der Waals surface area contributed by atoms with Crippen LogP contribution in [0, 0.1) is 0 Å². The van der Waals surface area contributed by atoms with Crippen molar-refractivity contribution < 1.29 is 4.42 Å². The van der Waals surface area contributed by atoms with E-state index in [-0.39, 0.29) is 16.3 Å². The van der Waals surface area contributed by atoms with Crippen molar-refractivity contribution in [1.29, 1.82) is 0 Å². The summed E-state index contributed by atoms with van der Waals surface area (Å²) in [7, 11) is 0. The van der Waals surface area contributed by atoms with Crippen LogP contribution in [0.3, 0.4) is 0 Å². The number of benzene rings is 8. The summed E-state index contributed by atoms with van der Waals surface area (Å²) < 4.78 is 9.17. The number of fused-ring (bicyclic) bond motifs is 14. The smallest absolute Gasteiger partial charge is 0.200 e. The van der Waals surface area contributed by atoms with Crippen LogP contribution >= 0.6 is 0 Å². The van der Waals surface area contributed by atoms with Gasteiger partial charge in [0.1, 0.15) is 11.2 Å². The van der Waals surface area contributed by atoms with E-state index in [1.54, 1.807) is 0 Å². The largest absolute Gasteiger partial charge is 0.456 e. The van der Waals surface area contributed by atoms with Crippen LogP contribution in [0.5, 0.6) is 0 Å². The number of anilines is 3. The first kappa shape index (κ1) is 36.7. The van der Waals surface area contributed by atoms with Gasteiger partial charge in [0.15, 0.2) is 0 Å². The summed E-state index contributed by atoms with van der Waals surface area (Å²) in [4.78, 5) is 17.5. The molecule has 0 unspecified atom stereocenters. The third-order valence-corrected chi connectivity index (χ3v) is 13.6. The highest BCUT2D eigenvalue weighted by Crippen LogP contribution is 2.64. The molecule has 0 atom stereocenters. The summed E-state index contributed by atoms with van der Waals surface area (Å²) in [6.45, 7) is 13.2. The van der Waals surface area contributed by atoms with Gasteiger partial charge in [-0.05, 0) is 116 Å². The summed E-state index contributed by atoms with van der Waals surface area (Å²) in [6, 6.07) is 61.6. The molecule has 0 saturated carbocycles. The molecule has 62 heavy (non-hydrogen) atoms. The van der Waals surface area contributed by atoms with Crippen molar-refractivity contribution in [3.05, 3.63) is 213 Å². The molecular formula is C58H46N2O2. The second kappa shape index (κ2) is 12.7. The zero-order chi connectivity index (χ0) is 42.3. The molecule has 4 heteroatoms. The Bertz CT molecular complexity index is 3530. The number of rotatable bonds is 2. The molecule has 2 aliphatic rings. The minimum absolute atomic E-state index is 0.00576. The lowest BCUT2D eigenvalue weighted by atomic mass is 9.64. The van der Waals surface area contributed by atoms with Crippen molar-refractivity contribution in [2.45, 2.75) is 57.8 Å². The van der Waals surface area contributed by atoms with E-state index in [9.17, 15) is 0 Å². The van der Waals surface area contributed by atoms with Gasteiger partial charge in [0.25, 0.3) is 0 Å². The molecule has 0 bridgehead atoms. The van der Waals surface area contributed by atoms with E-state index >= 15 is 4.79 Å². The van der Waals surface area contributed by atoms with Gasteiger partial charge in [0.05, 0.1) is 38.6 Å². The maximum Gasteiger partial charge on any atom is 0.200 e. The Morgan fingerprint density at radius 1 is 0.468 bits per heavy atom. The highest BCUT2D eigenvalue weighted by molar-refractivity contribution is 6.12. The molecule has 3 heterocycles. The standard InChI is InChI=1S/C58H46N2O2/c1-56(2,3)35-30-47(57(4,5)6)54-53(31-35)62-52-29-28-37(32-42(52)55(54)61)60-49-27-17-15-25-45(49)58(43-23-13-10-20-38(43)39-21-11-14-24-44(39)58)46-33-41-40-22-12-16-26-48(40)59(50(41)34-51(46)60)36-18-8-7-9-19-36/h7-34H,1-6H3. The van der Waals surface area contributed by atoms with Crippen LogP contribution in [0.15, 0.2) is 179 Å². The van der Waals surface area contributed by atoms with Crippen molar-refractivity contribution >= 4 is 60.8 Å². The van der Waals surface area contributed by atoms with Crippen molar-refractivity contribution in [3.8, 4) is 16.8 Å². The highest BCUT2D eigenvalue weighted by atomic mass is 16.3. The van der Waals surface area contributed by atoms with E-state index in [0.717, 1.165) is 44.9 Å². The zero-order valence-electron chi connectivity index (χ0n) is 35.9. The average molecular weight is 803 g/mol. The molecule has 8 aromatic carbocycles. The van der Waals surface area contributed by atoms with Gasteiger partial charge in [-0.25, -0.2) is 0 Å². The van der Waals surface area contributed by atoms with E-state index in [4.69, 9.17) is 4.42 Å². The molecule has 2 aromatic heterocycles. The predicted octanol–water partition coefficient (Wildman–Crippen LogP) is 14.8. The van der Waals surface area contributed by atoms with Gasteiger partial charge in [-0.3, -0.25) is 4.79 Å². The minimum Gasteiger partial charge on any atom is -0.456 e. The third kappa shape index (κ3) is 4.92. The normalized spacial score (nSPS) is 14.1. The lowest BCUT2D eigenvalue weighted by Gasteiger charge is -2.45. The molecule has 0 radical (unpaired) electrons. The van der Waals surface area contributed by atoms with E-state index in [1.165, 1.54) is 44.2 Å². The molecule has 0 saturated heterocycles. The van der Waals surface area contributed by atoms with E-state index in [1.807, 2.05) is 6.07 Å². The van der Waals surface area contributed by atoms with Crippen molar-refractivity contribution in [2.75, 3.05) is 4.90 Å². The van der Waals surface area contributed by atoms with Gasteiger partial charge in [-0.2, -0.15) is 0 Å². The van der Waals surface area contributed by atoms with Crippen molar-refractivity contribution in [2.24, 2.45) is 0 Å². The van der Waals surface area contributed by atoms with Crippen LogP contribution in [0.4, 0.5) is 17.1 Å². The summed E-state index contributed by atoms with van der Waals surface area (Å²) in [5.41, 5.74) is 16.2. The number of hydrogen-bond acceptors (Lipinski definition) is 3. The third-order valence-electron chi connectivity index (χ3n) is 13.6. The molecule has 1 aliphatic heterocycles. The second-order valence-electron chi connectivity index (χ2n) is 19.3.